The Morgan fingerprint density at radius 1 is 1.32 bits per heavy atom. The number of nitriles is 1. The lowest BCUT2D eigenvalue weighted by atomic mass is 10.2. The maximum absolute atomic E-state index is 8.45. The van der Waals surface area contributed by atoms with Gasteiger partial charge in [0.05, 0.1) is 6.07 Å². The van der Waals surface area contributed by atoms with Gasteiger partial charge in [0.25, 0.3) is 0 Å². The molecule has 0 aliphatic heterocycles. The van der Waals surface area contributed by atoms with E-state index in [0.717, 1.165) is 10.6 Å². The number of thiophene rings is 1. The lowest BCUT2D eigenvalue weighted by molar-refractivity contribution is -0.191. The van der Waals surface area contributed by atoms with Gasteiger partial charge in [-0.1, -0.05) is 0 Å². The van der Waals surface area contributed by atoms with Crippen molar-refractivity contribution in [2.24, 2.45) is 0 Å². The van der Waals surface area contributed by atoms with Crippen molar-refractivity contribution < 1.29 is 9.59 Å². The summed E-state index contributed by atoms with van der Waals surface area (Å²) in [4.78, 5) is 22.7. The van der Waals surface area contributed by atoms with Gasteiger partial charge in [0.15, 0.2) is 0 Å². The Balaban J connectivity index is 0.000000550. The SMILES string of the molecule is Cc1cc(-c2ccc(/C=C\C#N)s2)ccn1.O=C=O. The van der Waals surface area contributed by atoms with Gasteiger partial charge >= 0.3 is 6.15 Å². The van der Waals surface area contributed by atoms with E-state index >= 15 is 0 Å². The molecule has 0 atom stereocenters. The molecule has 0 aromatic carbocycles. The molecular weight excluding hydrogens is 260 g/mol. The molecule has 0 saturated carbocycles. The molecule has 19 heavy (non-hydrogen) atoms. The van der Waals surface area contributed by atoms with Crippen molar-refractivity contribution in [3.05, 3.63) is 47.1 Å². The molecule has 0 unspecified atom stereocenters. The van der Waals surface area contributed by atoms with Crippen molar-refractivity contribution in [3.8, 4) is 16.5 Å². The van der Waals surface area contributed by atoms with Crippen LogP contribution in [0.5, 0.6) is 0 Å². The minimum absolute atomic E-state index is 0.250. The van der Waals surface area contributed by atoms with Crippen LogP contribution in [0.1, 0.15) is 10.6 Å². The van der Waals surface area contributed by atoms with Gasteiger partial charge in [0.1, 0.15) is 0 Å². The molecule has 0 N–H and O–H groups in total. The van der Waals surface area contributed by atoms with Crippen LogP contribution >= 0.6 is 11.3 Å². The average molecular weight is 270 g/mol. The van der Waals surface area contributed by atoms with E-state index in [2.05, 4.69) is 17.1 Å². The molecule has 0 saturated heterocycles. The minimum atomic E-state index is 0.250. The Hall–Kier alpha value is -2.54. The summed E-state index contributed by atoms with van der Waals surface area (Å²) in [5, 5.41) is 8.45. The monoisotopic (exact) mass is 270 g/mol. The molecule has 0 radical (unpaired) electrons. The van der Waals surface area contributed by atoms with E-state index in [-0.39, 0.29) is 6.15 Å². The second-order valence-corrected chi connectivity index (χ2v) is 4.55. The molecule has 94 valence electrons. The Kier molecular flexibility index (Phi) is 5.90. The number of nitrogens with zero attached hydrogens (tertiary/aromatic N) is 2. The number of hydrogen-bond acceptors (Lipinski definition) is 5. The third-order valence-corrected chi connectivity index (χ3v) is 3.23. The lowest BCUT2D eigenvalue weighted by Gasteiger charge is -1.97. The fraction of sp³-hybridized carbons (Fsp3) is 0.0714. The van der Waals surface area contributed by atoms with Crippen molar-refractivity contribution in [2.45, 2.75) is 6.92 Å². The molecular formula is C14H10N2O2S. The zero-order chi connectivity index (χ0) is 14.1. The number of aryl methyl sites for hydroxylation is 1. The van der Waals surface area contributed by atoms with Gasteiger partial charge in [-0.15, -0.1) is 11.3 Å². The quantitative estimate of drug-likeness (QED) is 0.786. The number of pyridine rings is 1. The second kappa shape index (κ2) is 7.72. The predicted molar refractivity (Wildman–Crippen MR) is 71.9 cm³/mol. The molecule has 5 heteroatoms. The van der Waals surface area contributed by atoms with E-state index in [1.165, 1.54) is 16.5 Å². The molecule has 2 aromatic rings. The number of carbonyl (C=O) groups excluding carboxylic acids is 2. The molecule has 0 aliphatic carbocycles. The van der Waals surface area contributed by atoms with Crippen molar-refractivity contribution in [3.63, 3.8) is 0 Å². The number of allylic oxidation sites excluding steroid dienone is 1. The van der Waals surface area contributed by atoms with Crippen molar-refractivity contribution >= 4 is 23.6 Å². The smallest absolute Gasteiger partial charge is 0.262 e. The van der Waals surface area contributed by atoms with Crippen LogP contribution in [0.4, 0.5) is 0 Å². The van der Waals surface area contributed by atoms with E-state index in [1.807, 2.05) is 37.4 Å². The van der Waals surface area contributed by atoms with Gasteiger partial charge in [0, 0.05) is 27.7 Å². The Bertz CT molecular complexity index is 647. The van der Waals surface area contributed by atoms with Crippen molar-refractivity contribution in [2.75, 3.05) is 0 Å². The molecule has 2 aromatic heterocycles. The average Bonchev–Trinajstić information content (AvgIpc) is 2.86. The van der Waals surface area contributed by atoms with Crippen LogP contribution in [-0.2, 0) is 9.59 Å². The van der Waals surface area contributed by atoms with Crippen molar-refractivity contribution in [1.29, 1.82) is 5.26 Å². The third-order valence-electron chi connectivity index (χ3n) is 2.13. The van der Waals surface area contributed by atoms with Gasteiger partial charge < -0.3 is 0 Å². The van der Waals surface area contributed by atoms with Crippen LogP contribution in [0.15, 0.2) is 36.5 Å². The Morgan fingerprint density at radius 2 is 2.05 bits per heavy atom. The first-order chi connectivity index (χ1) is 9.21. The van der Waals surface area contributed by atoms with Crippen LogP contribution in [0.3, 0.4) is 0 Å². The highest BCUT2D eigenvalue weighted by Gasteiger charge is 2.01. The first kappa shape index (κ1) is 14.5. The van der Waals surface area contributed by atoms with E-state index in [1.54, 1.807) is 11.3 Å². The maximum Gasteiger partial charge on any atom is 0.373 e. The van der Waals surface area contributed by atoms with Gasteiger partial charge in [0.2, 0.25) is 0 Å². The van der Waals surface area contributed by atoms with Crippen LogP contribution in [-0.4, -0.2) is 11.1 Å². The summed E-state index contributed by atoms with van der Waals surface area (Å²) in [5.74, 6) is 0. The summed E-state index contributed by atoms with van der Waals surface area (Å²) in [6.07, 6.45) is 5.38. The van der Waals surface area contributed by atoms with E-state index in [4.69, 9.17) is 14.9 Å². The van der Waals surface area contributed by atoms with Gasteiger partial charge in [-0.3, -0.25) is 4.98 Å². The highest BCUT2D eigenvalue weighted by molar-refractivity contribution is 7.16. The van der Waals surface area contributed by atoms with Crippen molar-refractivity contribution in [1.82, 2.24) is 4.98 Å². The predicted octanol–water partition coefficient (Wildman–Crippen LogP) is 3.07. The zero-order valence-corrected chi connectivity index (χ0v) is 11.0. The largest absolute Gasteiger partial charge is 0.373 e. The Morgan fingerprint density at radius 3 is 2.68 bits per heavy atom. The van der Waals surface area contributed by atoms with Gasteiger partial charge in [-0.05, 0) is 42.8 Å². The molecule has 0 amide bonds. The van der Waals surface area contributed by atoms with Gasteiger partial charge in [-0.25, -0.2) is 0 Å². The highest BCUT2D eigenvalue weighted by atomic mass is 32.1. The molecule has 0 aliphatic rings. The summed E-state index contributed by atoms with van der Waals surface area (Å²) in [6.45, 7) is 1.98. The van der Waals surface area contributed by atoms with Crippen LogP contribution in [0, 0.1) is 18.3 Å². The standard InChI is InChI=1S/C13H10N2S.CO2/c1-10-9-11(6-8-15-10)13-5-4-12(16-13)3-2-7-14;2-1-3/h2-6,8-9H,1H3;/b3-2-;. The third kappa shape index (κ3) is 4.68. The number of hydrogen-bond donors (Lipinski definition) is 0. The first-order valence-corrected chi connectivity index (χ1v) is 6.11. The second-order valence-electron chi connectivity index (χ2n) is 3.43. The molecule has 2 rings (SSSR count). The lowest BCUT2D eigenvalue weighted by Crippen LogP contribution is -1.79. The Labute approximate surface area is 114 Å². The number of aromatic nitrogens is 1. The molecule has 0 bridgehead atoms. The summed E-state index contributed by atoms with van der Waals surface area (Å²) in [6, 6.07) is 10.1. The summed E-state index contributed by atoms with van der Waals surface area (Å²) in [7, 11) is 0. The first-order valence-electron chi connectivity index (χ1n) is 5.29. The van der Waals surface area contributed by atoms with E-state index < -0.39 is 0 Å². The maximum atomic E-state index is 8.45. The van der Waals surface area contributed by atoms with Crippen LogP contribution in [0.2, 0.25) is 0 Å². The highest BCUT2D eigenvalue weighted by Crippen LogP contribution is 2.28. The number of rotatable bonds is 2. The fourth-order valence-corrected chi connectivity index (χ4v) is 2.32. The summed E-state index contributed by atoms with van der Waals surface area (Å²) in [5.41, 5.74) is 2.19. The summed E-state index contributed by atoms with van der Waals surface area (Å²) < 4.78 is 0. The molecule has 0 spiro atoms. The molecule has 2 heterocycles. The summed E-state index contributed by atoms with van der Waals surface area (Å²) >= 11 is 1.67. The molecule has 0 fully saturated rings. The fourth-order valence-electron chi connectivity index (χ4n) is 1.42. The van der Waals surface area contributed by atoms with Gasteiger partial charge in [-0.2, -0.15) is 14.9 Å². The van der Waals surface area contributed by atoms with Crippen LogP contribution < -0.4 is 0 Å². The zero-order valence-electron chi connectivity index (χ0n) is 10.2. The van der Waals surface area contributed by atoms with E-state index in [9.17, 15) is 0 Å². The minimum Gasteiger partial charge on any atom is -0.262 e. The molecule has 4 nitrogen and oxygen atoms in total. The van der Waals surface area contributed by atoms with E-state index in [0.29, 0.717) is 0 Å². The normalized spacial score (nSPS) is 9.26. The van der Waals surface area contributed by atoms with Crippen LogP contribution in [0.25, 0.3) is 16.5 Å². The topological polar surface area (TPSA) is 70.8 Å².